The Bertz CT molecular complexity index is 710. The number of piperazine rings is 1. The fourth-order valence-electron chi connectivity index (χ4n) is 2.62. The summed E-state index contributed by atoms with van der Waals surface area (Å²) in [5.41, 5.74) is 0.749. The van der Waals surface area contributed by atoms with Crippen LogP contribution in [0, 0.1) is 6.92 Å². The summed E-state index contributed by atoms with van der Waals surface area (Å²) in [6.45, 7) is 8.45. The second-order valence-corrected chi connectivity index (χ2v) is 7.08. The largest absolute Gasteiger partial charge is 0.335 e. The highest BCUT2D eigenvalue weighted by Crippen LogP contribution is 2.27. The maximum atomic E-state index is 12.7. The quantitative estimate of drug-likeness (QED) is 0.902. The highest BCUT2D eigenvalue weighted by Gasteiger charge is 2.25. The number of nitrogens with one attached hydrogen (secondary N) is 1. The highest BCUT2D eigenvalue weighted by molar-refractivity contribution is 7.17. The van der Waals surface area contributed by atoms with E-state index in [1.807, 2.05) is 11.8 Å². The zero-order valence-corrected chi connectivity index (χ0v) is 15.3. The molecule has 3 heterocycles. The molecule has 8 heteroatoms. The van der Waals surface area contributed by atoms with Crippen molar-refractivity contribution >= 4 is 39.8 Å². The first kappa shape index (κ1) is 17.1. The molecular weight excluding hydrogens is 346 g/mol. The van der Waals surface area contributed by atoms with Gasteiger partial charge in [-0.05, 0) is 25.6 Å². The molecule has 1 fully saturated rings. The zero-order chi connectivity index (χ0) is 17.1. The van der Waals surface area contributed by atoms with Crippen molar-refractivity contribution < 1.29 is 4.79 Å². The van der Waals surface area contributed by atoms with E-state index in [4.69, 9.17) is 11.6 Å². The van der Waals surface area contributed by atoms with Crippen LogP contribution >= 0.6 is 22.9 Å². The van der Waals surface area contributed by atoms with Crippen molar-refractivity contribution in [2.45, 2.75) is 13.8 Å². The van der Waals surface area contributed by atoms with Crippen LogP contribution in [0.25, 0.3) is 0 Å². The summed E-state index contributed by atoms with van der Waals surface area (Å²) in [6, 6.07) is 3.54. The average molecular weight is 366 g/mol. The molecule has 0 aromatic carbocycles. The molecule has 0 spiro atoms. The number of hydrogen-bond donors (Lipinski definition) is 1. The molecule has 1 saturated heterocycles. The summed E-state index contributed by atoms with van der Waals surface area (Å²) in [7, 11) is 0. The lowest BCUT2D eigenvalue weighted by atomic mass is 10.3. The van der Waals surface area contributed by atoms with Crippen molar-refractivity contribution in [3.8, 4) is 0 Å². The number of aromatic nitrogens is 2. The Morgan fingerprint density at radius 3 is 2.71 bits per heavy atom. The number of halogens is 1. The normalized spacial score (nSPS) is 15.5. The van der Waals surface area contributed by atoms with Gasteiger partial charge in [-0.3, -0.25) is 4.79 Å². The number of nitrogens with zero attached hydrogens (tertiary/aromatic N) is 4. The van der Waals surface area contributed by atoms with E-state index in [9.17, 15) is 4.79 Å². The van der Waals surface area contributed by atoms with Crippen molar-refractivity contribution in [1.29, 1.82) is 0 Å². The third-order valence-electron chi connectivity index (χ3n) is 4.06. The van der Waals surface area contributed by atoms with Gasteiger partial charge in [0.15, 0.2) is 5.13 Å². The van der Waals surface area contributed by atoms with E-state index in [1.165, 1.54) is 11.3 Å². The standard InChI is InChI=1S/C16H20ClN5OS/c1-3-21-6-8-22(9-7-21)15(23)14-11(2)19-16(24-14)20-13-5-4-12(17)10-18-13/h4-5,10H,3,6-9H2,1-2H3,(H,18,19,20). The van der Waals surface area contributed by atoms with Gasteiger partial charge in [-0.1, -0.05) is 29.9 Å². The minimum absolute atomic E-state index is 0.0675. The predicted octanol–water partition coefficient (Wildman–Crippen LogP) is 3.02. The van der Waals surface area contributed by atoms with Crippen molar-refractivity contribution in [2.75, 3.05) is 38.0 Å². The van der Waals surface area contributed by atoms with Gasteiger partial charge in [-0.2, -0.15) is 0 Å². The fraction of sp³-hybridized carbons (Fsp3) is 0.438. The highest BCUT2D eigenvalue weighted by atomic mass is 35.5. The Kier molecular flexibility index (Phi) is 5.33. The maximum Gasteiger partial charge on any atom is 0.266 e. The van der Waals surface area contributed by atoms with E-state index < -0.39 is 0 Å². The molecule has 2 aromatic rings. The molecule has 24 heavy (non-hydrogen) atoms. The summed E-state index contributed by atoms with van der Waals surface area (Å²) in [6.07, 6.45) is 1.57. The number of carbonyl (C=O) groups is 1. The molecule has 1 N–H and O–H groups in total. The Morgan fingerprint density at radius 2 is 2.08 bits per heavy atom. The van der Waals surface area contributed by atoms with Crippen LogP contribution in [0.3, 0.4) is 0 Å². The van der Waals surface area contributed by atoms with Gasteiger partial charge in [0.1, 0.15) is 10.7 Å². The van der Waals surface area contributed by atoms with Crippen LogP contribution in [0.1, 0.15) is 22.3 Å². The van der Waals surface area contributed by atoms with E-state index in [0.717, 1.165) is 38.4 Å². The Morgan fingerprint density at radius 1 is 1.33 bits per heavy atom. The van der Waals surface area contributed by atoms with Gasteiger partial charge >= 0.3 is 0 Å². The van der Waals surface area contributed by atoms with Crippen LogP contribution < -0.4 is 5.32 Å². The van der Waals surface area contributed by atoms with Crippen molar-refractivity contribution in [3.05, 3.63) is 33.9 Å². The molecule has 2 aromatic heterocycles. The SMILES string of the molecule is CCN1CCN(C(=O)c2sc(Nc3ccc(Cl)cn3)nc2C)CC1. The number of amides is 1. The van der Waals surface area contributed by atoms with E-state index >= 15 is 0 Å². The summed E-state index contributed by atoms with van der Waals surface area (Å²) >= 11 is 7.20. The van der Waals surface area contributed by atoms with Gasteiger partial charge in [0.25, 0.3) is 5.91 Å². The van der Waals surface area contributed by atoms with Crippen LogP contribution in [-0.2, 0) is 0 Å². The molecule has 1 amide bonds. The zero-order valence-electron chi connectivity index (χ0n) is 13.8. The van der Waals surface area contributed by atoms with E-state index in [2.05, 4.69) is 27.1 Å². The minimum atomic E-state index is 0.0675. The summed E-state index contributed by atoms with van der Waals surface area (Å²) < 4.78 is 0. The van der Waals surface area contributed by atoms with Crippen LogP contribution in [0.4, 0.5) is 10.9 Å². The number of hydrogen-bond acceptors (Lipinski definition) is 6. The molecule has 128 valence electrons. The minimum Gasteiger partial charge on any atom is -0.335 e. The van der Waals surface area contributed by atoms with E-state index in [0.29, 0.717) is 20.8 Å². The Balaban J connectivity index is 1.69. The molecule has 0 bridgehead atoms. The number of pyridine rings is 1. The molecule has 3 rings (SSSR count). The number of aryl methyl sites for hydroxylation is 1. The molecule has 0 atom stereocenters. The van der Waals surface area contributed by atoms with Crippen molar-refractivity contribution in [1.82, 2.24) is 19.8 Å². The van der Waals surface area contributed by atoms with Crippen molar-refractivity contribution in [3.63, 3.8) is 0 Å². The lowest BCUT2D eigenvalue weighted by molar-refractivity contribution is 0.0647. The maximum absolute atomic E-state index is 12.7. The molecular formula is C16H20ClN5OS. The summed E-state index contributed by atoms with van der Waals surface area (Å²) in [4.78, 5) is 26.3. The molecule has 0 aliphatic carbocycles. The molecule has 1 aliphatic heterocycles. The van der Waals surface area contributed by atoms with Gasteiger partial charge < -0.3 is 15.1 Å². The van der Waals surface area contributed by atoms with E-state index in [1.54, 1.807) is 18.3 Å². The van der Waals surface area contributed by atoms with Gasteiger partial charge in [0.05, 0.1) is 10.7 Å². The lowest BCUT2D eigenvalue weighted by Crippen LogP contribution is -2.48. The number of likely N-dealkylation sites (N-methyl/N-ethyl adjacent to an activating group) is 1. The van der Waals surface area contributed by atoms with Crippen molar-refractivity contribution in [2.24, 2.45) is 0 Å². The first-order chi connectivity index (χ1) is 11.6. The van der Waals surface area contributed by atoms with Crippen LogP contribution in [0.5, 0.6) is 0 Å². The monoisotopic (exact) mass is 365 g/mol. The Hall–Kier alpha value is -1.70. The first-order valence-corrected chi connectivity index (χ1v) is 9.14. The molecule has 0 saturated carbocycles. The molecule has 0 radical (unpaired) electrons. The van der Waals surface area contributed by atoms with Gasteiger partial charge in [0.2, 0.25) is 0 Å². The first-order valence-electron chi connectivity index (χ1n) is 7.94. The third kappa shape index (κ3) is 3.85. The van der Waals surface area contributed by atoms with Gasteiger partial charge in [-0.15, -0.1) is 0 Å². The Labute approximate surface area is 150 Å². The van der Waals surface area contributed by atoms with Gasteiger partial charge in [-0.25, -0.2) is 9.97 Å². The molecule has 1 aliphatic rings. The average Bonchev–Trinajstić information content (AvgIpc) is 2.96. The summed E-state index contributed by atoms with van der Waals surface area (Å²) in [5.74, 6) is 0.724. The number of rotatable bonds is 4. The van der Waals surface area contributed by atoms with Crippen LogP contribution in [-0.4, -0.2) is 58.4 Å². The topological polar surface area (TPSA) is 61.4 Å². The molecule has 6 nitrogen and oxygen atoms in total. The number of thiazole rings is 1. The third-order valence-corrected chi connectivity index (χ3v) is 5.34. The smallest absolute Gasteiger partial charge is 0.266 e. The van der Waals surface area contributed by atoms with Gasteiger partial charge in [0, 0.05) is 32.4 Å². The second-order valence-electron chi connectivity index (χ2n) is 5.65. The lowest BCUT2D eigenvalue weighted by Gasteiger charge is -2.33. The van der Waals surface area contributed by atoms with Crippen LogP contribution in [0.2, 0.25) is 5.02 Å². The van der Waals surface area contributed by atoms with E-state index in [-0.39, 0.29) is 5.91 Å². The number of carbonyl (C=O) groups excluding carboxylic acids is 1. The summed E-state index contributed by atoms with van der Waals surface area (Å²) in [5, 5.41) is 4.37. The predicted molar refractivity (Wildman–Crippen MR) is 97.4 cm³/mol. The molecule has 0 unspecified atom stereocenters. The second kappa shape index (κ2) is 7.46. The fourth-order valence-corrected chi connectivity index (χ4v) is 3.67. The number of anilines is 2. The van der Waals surface area contributed by atoms with Crippen LogP contribution in [0.15, 0.2) is 18.3 Å².